The first-order valence-electron chi connectivity index (χ1n) is 11.4. The van der Waals surface area contributed by atoms with Crippen LogP contribution in [0.2, 0.25) is 5.02 Å². The molecule has 0 amide bonds. The highest BCUT2D eigenvalue weighted by atomic mass is 35.5. The zero-order valence-corrected chi connectivity index (χ0v) is 19.5. The molecule has 0 saturated heterocycles. The Morgan fingerprint density at radius 3 is 2.24 bits per heavy atom. The molecule has 0 bridgehead atoms. The van der Waals surface area contributed by atoms with Crippen molar-refractivity contribution in [1.29, 1.82) is 0 Å². The van der Waals surface area contributed by atoms with Crippen LogP contribution < -0.4 is 15.4 Å². The van der Waals surface area contributed by atoms with E-state index in [1.54, 1.807) is 0 Å². The molecule has 1 aliphatic carbocycles. The van der Waals surface area contributed by atoms with E-state index in [2.05, 4.69) is 10.6 Å². The van der Waals surface area contributed by atoms with E-state index < -0.39 is 0 Å². The number of allylic oxidation sites excluding steroid dienone is 1. The minimum Gasteiger partial charge on any atom is -0.491 e. The Morgan fingerprint density at radius 1 is 0.879 bits per heavy atom. The van der Waals surface area contributed by atoms with Gasteiger partial charge in [-0.3, -0.25) is 4.79 Å². The van der Waals surface area contributed by atoms with Crippen molar-refractivity contribution in [2.45, 2.75) is 44.8 Å². The van der Waals surface area contributed by atoms with Crippen LogP contribution in [0.1, 0.15) is 49.8 Å². The predicted molar refractivity (Wildman–Crippen MR) is 134 cm³/mol. The molecular formula is C28H27ClN2O2. The normalized spacial score (nSPS) is 19.8. The number of hydrogen-bond acceptors (Lipinski definition) is 4. The molecule has 5 heteroatoms. The summed E-state index contributed by atoms with van der Waals surface area (Å²) in [7, 11) is 0. The molecule has 5 rings (SSSR count). The summed E-state index contributed by atoms with van der Waals surface area (Å²) in [5.74, 6) is 1.11. The molecule has 33 heavy (non-hydrogen) atoms. The van der Waals surface area contributed by atoms with Gasteiger partial charge >= 0.3 is 0 Å². The van der Waals surface area contributed by atoms with E-state index in [4.69, 9.17) is 16.3 Å². The molecule has 2 atom stereocenters. The lowest BCUT2D eigenvalue weighted by atomic mass is 9.78. The molecule has 1 aliphatic heterocycles. The Morgan fingerprint density at radius 2 is 1.55 bits per heavy atom. The van der Waals surface area contributed by atoms with Crippen molar-refractivity contribution in [1.82, 2.24) is 0 Å². The lowest BCUT2D eigenvalue weighted by Gasteiger charge is -2.30. The van der Waals surface area contributed by atoms with Gasteiger partial charge in [0.2, 0.25) is 0 Å². The number of ketones is 1. The van der Waals surface area contributed by atoms with E-state index >= 15 is 0 Å². The number of Topliss-reactive ketones (excluding diaryl/α,β-unsaturated/α-hetero) is 1. The van der Waals surface area contributed by atoms with Gasteiger partial charge in [0.1, 0.15) is 5.75 Å². The number of benzene rings is 3. The Kier molecular flexibility index (Phi) is 5.86. The molecule has 4 nitrogen and oxygen atoms in total. The molecule has 3 aromatic carbocycles. The van der Waals surface area contributed by atoms with Crippen molar-refractivity contribution in [3.63, 3.8) is 0 Å². The SMILES string of the molecule is CC(C)Oc1ccc(C2Nc3ccccc3NC3=C2C(=O)CC(c2ccc(Cl)cc2)C3)cc1. The van der Waals surface area contributed by atoms with Crippen molar-refractivity contribution in [3.05, 3.63) is 100 Å². The first-order valence-corrected chi connectivity index (χ1v) is 11.8. The van der Waals surface area contributed by atoms with Crippen molar-refractivity contribution < 1.29 is 9.53 Å². The van der Waals surface area contributed by atoms with Crippen LogP contribution in [-0.2, 0) is 4.79 Å². The second kappa shape index (κ2) is 8.95. The zero-order valence-electron chi connectivity index (χ0n) is 18.8. The van der Waals surface area contributed by atoms with Gasteiger partial charge in [0.25, 0.3) is 0 Å². The summed E-state index contributed by atoms with van der Waals surface area (Å²) in [5, 5.41) is 7.92. The van der Waals surface area contributed by atoms with Crippen LogP contribution >= 0.6 is 11.6 Å². The van der Waals surface area contributed by atoms with Crippen LogP contribution in [-0.4, -0.2) is 11.9 Å². The van der Waals surface area contributed by atoms with Crippen molar-refractivity contribution >= 4 is 28.8 Å². The molecular weight excluding hydrogens is 432 g/mol. The van der Waals surface area contributed by atoms with Crippen molar-refractivity contribution in [2.75, 3.05) is 10.6 Å². The van der Waals surface area contributed by atoms with Crippen LogP contribution in [0.5, 0.6) is 5.75 Å². The minimum atomic E-state index is -0.233. The van der Waals surface area contributed by atoms with Gasteiger partial charge in [0.15, 0.2) is 5.78 Å². The molecule has 0 aromatic heterocycles. The standard InChI is InChI=1S/C28H27ClN2O2/c1-17(2)33-22-13-9-19(10-14-22)28-27-25(30-23-5-3-4-6-24(23)31-28)15-20(16-26(27)32)18-7-11-21(29)12-8-18/h3-14,17,20,28,30-31H,15-16H2,1-2H3. The quantitative estimate of drug-likeness (QED) is 0.437. The highest BCUT2D eigenvalue weighted by Gasteiger charge is 2.36. The van der Waals surface area contributed by atoms with Gasteiger partial charge < -0.3 is 15.4 Å². The topological polar surface area (TPSA) is 50.4 Å². The average molecular weight is 459 g/mol. The van der Waals surface area contributed by atoms with E-state index in [9.17, 15) is 4.79 Å². The molecule has 168 valence electrons. The van der Waals surface area contributed by atoms with Gasteiger partial charge in [-0.15, -0.1) is 0 Å². The van der Waals surface area contributed by atoms with Gasteiger partial charge in [-0.05, 0) is 73.7 Å². The van der Waals surface area contributed by atoms with E-state index in [-0.39, 0.29) is 23.8 Å². The highest BCUT2D eigenvalue weighted by Crippen LogP contribution is 2.44. The number of rotatable bonds is 4. The third kappa shape index (κ3) is 4.49. The van der Waals surface area contributed by atoms with Crippen LogP contribution in [0, 0.1) is 0 Å². The van der Waals surface area contributed by atoms with Gasteiger partial charge in [-0.1, -0.05) is 48.0 Å². The van der Waals surface area contributed by atoms with Gasteiger partial charge in [0.05, 0.1) is 23.5 Å². The number of halogens is 1. The van der Waals surface area contributed by atoms with Crippen molar-refractivity contribution in [2.24, 2.45) is 0 Å². The van der Waals surface area contributed by atoms with E-state index in [1.165, 1.54) is 0 Å². The number of para-hydroxylation sites is 2. The van der Waals surface area contributed by atoms with E-state index in [1.807, 2.05) is 86.6 Å². The maximum atomic E-state index is 13.6. The Balaban J connectivity index is 1.54. The maximum absolute atomic E-state index is 13.6. The number of ether oxygens (including phenoxy) is 1. The summed E-state index contributed by atoms with van der Waals surface area (Å²) in [6.45, 7) is 4.02. The van der Waals surface area contributed by atoms with Crippen LogP contribution in [0.25, 0.3) is 0 Å². The largest absolute Gasteiger partial charge is 0.491 e. The predicted octanol–water partition coefficient (Wildman–Crippen LogP) is 7.11. The molecule has 1 heterocycles. The lowest BCUT2D eigenvalue weighted by Crippen LogP contribution is -2.26. The molecule has 3 aromatic rings. The summed E-state index contributed by atoms with van der Waals surface area (Å²) in [6.07, 6.45) is 1.36. The summed E-state index contributed by atoms with van der Waals surface area (Å²) in [5.41, 5.74) is 5.94. The molecule has 2 aliphatic rings. The first kappa shape index (κ1) is 21.6. The van der Waals surface area contributed by atoms with Crippen LogP contribution in [0.3, 0.4) is 0 Å². The van der Waals surface area contributed by atoms with Gasteiger partial charge in [-0.2, -0.15) is 0 Å². The smallest absolute Gasteiger partial charge is 0.163 e. The third-order valence-corrected chi connectivity index (χ3v) is 6.49. The number of anilines is 2. The molecule has 0 saturated carbocycles. The van der Waals surface area contributed by atoms with E-state index in [0.717, 1.165) is 45.9 Å². The summed E-state index contributed by atoms with van der Waals surface area (Å²) >= 11 is 6.09. The maximum Gasteiger partial charge on any atom is 0.163 e. The second-order valence-corrected chi connectivity index (χ2v) is 9.39. The average Bonchev–Trinajstić information content (AvgIpc) is 2.96. The Bertz CT molecular complexity index is 1200. The van der Waals surface area contributed by atoms with Gasteiger partial charge in [-0.25, -0.2) is 0 Å². The number of fused-ring (bicyclic) bond motifs is 1. The Hall–Kier alpha value is -3.24. The number of carbonyl (C=O) groups excluding carboxylic acids is 1. The van der Waals surface area contributed by atoms with Crippen LogP contribution in [0.4, 0.5) is 11.4 Å². The highest BCUT2D eigenvalue weighted by molar-refractivity contribution is 6.30. The molecule has 0 spiro atoms. The lowest BCUT2D eigenvalue weighted by molar-refractivity contribution is -0.116. The number of carbonyl (C=O) groups is 1. The fourth-order valence-electron chi connectivity index (χ4n) is 4.72. The minimum absolute atomic E-state index is 0.113. The molecule has 2 N–H and O–H groups in total. The van der Waals surface area contributed by atoms with E-state index in [0.29, 0.717) is 11.4 Å². The summed E-state index contributed by atoms with van der Waals surface area (Å²) in [4.78, 5) is 13.6. The van der Waals surface area contributed by atoms with Gasteiger partial charge in [0, 0.05) is 22.7 Å². The first-order chi connectivity index (χ1) is 16.0. The molecule has 2 unspecified atom stereocenters. The molecule has 0 radical (unpaired) electrons. The third-order valence-electron chi connectivity index (χ3n) is 6.24. The Labute approximate surface area is 199 Å². The number of hydrogen-bond donors (Lipinski definition) is 2. The summed E-state index contributed by atoms with van der Waals surface area (Å²) in [6, 6.07) is 23.8. The fourth-order valence-corrected chi connectivity index (χ4v) is 4.85. The monoisotopic (exact) mass is 458 g/mol. The summed E-state index contributed by atoms with van der Waals surface area (Å²) < 4.78 is 5.82. The second-order valence-electron chi connectivity index (χ2n) is 8.96. The van der Waals surface area contributed by atoms with Crippen LogP contribution in [0.15, 0.2) is 84.1 Å². The molecule has 0 fully saturated rings. The van der Waals surface area contributed by atoms with Crippen molar-refractivity contribution in [3.8, 4) is 5.75 Å². The fraction of sp³-hybridized carbons (Fsp3) is 0.250. The zero-order chi connectivity index (χ0) is 22.9. The number of nitrogens with one attached hydrogen (secondary N) is 2.